The lowest BCUT2D eigenvalue weighted by Crippen LogP contribution is -1.94. The van der Waals surface area contributed by atoms with Crippen LogP contribution in [0.5, 0.6) is 0 Å². The van der Waals surface area contributed by atoms with Crippen molar-refractivity contribution in [2.45, 2.75) is 43.6 Å². The van der Waals surface area contributed by atoms with Crippen molar-refractivity contribution < 1.29 is 0 Å². The lowest BCUT2D eigenvalue weighted by molar-refractivity contribution is 0.886. The molecule has 3 rings (SSSR count). The lowest BCUT2D eigenvalue weighted by Gasteiger charge is -2.05. The number of nitrogens with zero attached hydrogens (tertiary/aromatic N) is 1. The third-order valence-electron chi connectivity index (χ3n) is 3.68. The van der Waals surface area contributed by atoms with Crippen molar-refractivity contribution in [1.29, 1.82) is 0 Å². The van der Waals surface area contributed by atoms with E-state index in [9.17, 15) is 0 Å². The molecule has 0 radical (unpaired) electrons. The van der Waals surface area contributed by atoms with Crippen LogP contribution in [0.1, 0.15) is 35.6 Å². The van der Waals surface area contributed by atoms with Gasteiger partial charge in [0.2, 0.25) is 0 Å². The number of benzene rings is 1. The summed E-state index contributed by atoms with van der Waals surface area (Å²) in [7, 11) is 0. The van der Waals surface area contributed by atoms with Crippen molar-refractivity contribution in [3.05, 3.63) is 38.6 Å². The maximum absolute atomic E-state index is 4.86. The monoisotopic (exact) mass is 367 g/mol. The molecule has 1 saturated carbocycles. The Morgan fingerprint density at radius 3 is 2.90 bits per heavy atom. The molecule has 0 N–H and O–H groups in total. The predicted molar refractivity (Wildman–Crippen MR) is 93.5 cm³/mol. The molecule has 0 saturated heterocycles. The molecule has 0 amide bonds. The lowest BCUT2D eigenvalue weighted by atomic mass is 10.1. The molecule has 1 aromatic carbocycles. The molecule has 2 aromatic rings. The van der Waals surface area contributed by atoms with Crippen LogP contribution in [0.25, 0.3) is 11.3 Å². The minimum Gasteiger partial charge on any atom is -0.240 e. The van der Waals surface area contributed by atoms with Crippen molar-refractivity contribution in [2.75, 3.05) is 0 Å². The van der Waals surface area contributed by atoms with Crippen molar-refractivity contribution in [2.24, 2.45) is 0 Å². The van der Waals surface area contributed by atoms with Gasteiger partial charge >= 0.3 is 0 Å². The first-order chi connectivity index (χ1) is 9.72. The number of halogens is 1. The van der Waals surface area contributed by atoms with E-state index >= 15 is 0 Å². The molecule has 1 nitrogen and oxygen atoms in total. The third-order valence-corrected chi connectivity index (χ3v) is 6.71. The normalized spacial score (nSPS) is 15.9. The molecular formula is C16H18BrNS2. The second-order valence-corrected chi connectivity index (χ2v) is 8.73. The van der Waals surface area contributed by atoms with E-state index < -0.39 is 0 Å². The topological polar surface area (TPSA) is 12.9 Å². The average Bonchev–Trinajstić information content (AvgIpc) is 3.05. The Balaban J connectivity index is 1.73. The van der Waals surface area contributed by atoms with E-state index in [1.54, 1.807) is 0 Å². The highest BCUT2D eigenvalue weighted by Gasteiger charge is 2.17. The van der Waals surface area contributed by atoms with Gasteiger partial charge in [0.15, 0.2) is 0 Å². The van der Waals surface area contributed by atoms with E-state index in [1.165, 1.54) is 41.1 Å². The van der Waals surface area contributed by atoms with Crippen LogP contribution in [0.3, 0.4) is 0 Å². The molecule has 1 aromatic heterocycles. The zero-order valence-corrected chi connectivity index (χ0v) is 14.8. The Morgan fingerprint density at radius 2 is 2.15 bits per heavy atom. The summed E-state index contributed by atoms with van der Waals surface area (Å²) in [6, 6.07) is 8.42. The van der Waals surface area contributed by atoms with Gasteiger partial charge in [0.25, 0.3) is 0 Å². The third kappa shape index (κ3) is 3.46. The van der Waals surface area contributed by atoms with Gasteiger partial charge in [0.1, 0.15) is 5.01 Å². The standard InChI is InChI=1S/C16H18BrNS2/c1-11-16(12-5-4-6-13(17)9-12)18-15(20-11)10-19-14-7-2-3-8-14/h4-6,9,14H,2-3,7-8,10H2,1H3. The van der Waals surface area contributed by atoms with Crippen LogP contribution < -0.4 is 0 Å². The van der Waals surface area contributed by atoms with Crippen LogP contribution in [0.4, 0.5) is 0 Å². The summed E-state index contributed by atoms with van der Waals surface area (Å²) < 4.78 is 1.12. The molecule has 0 aliphatic heterocycles. The minimum absolute atomic E-state index is 0.869. The van der Waals surface area contributed by atoms with Crippen LogP contribution in [0.15, 0.2) is 28.7 Å². The van der Waals surface area contributed by atoms with Crippen molar-refractivity contribution in [3.63, 3.8) is 0 Å². The van der Waals surface area contributed by atoms with Crippen LogP contribution in [0, 0.1) is 6.92 Å². The van der Waals surface area contributed by atoms with E-state index in [4.69, 9.17) is 4.98 Å². The molecule has 1 fully saturated rings. The number of aryl methyl sites for hydroxylation is 1. The highest BCUT2D eigenvalue weighted by Crippen LogP contribution is 2.35. The fraction of sp³-hybridized carbons (Fsp3) is 0.438. The number of rotatable bonds is 4. The Kier molecular flexibility index (Phi) is 4.84. The van der Waals surface area contributed by atoms with Gasteiger partial charge in [-0.1, -0.05) is 40.9 Å². The highest BCUT2D eigenvalue weighted by molar-refractivity contribution is 9.10. The largest absolute Gasteiger partial charge is 0.240 e. The van der Waals surface area contributed by atoms with Gasteiger partial charge in [-0.3, -0.25) is 0 Å². The fourth-order valence-electron chi connectivity index (χ4n) is 2.66. The molecular weight excluding hydrogens is 350 g/mol. The average molecular weight is 368 g/mol. The molecule has 0 atom stereocenters. The molecule has 0 unspecified atom stereocenters. The van der Waals surface area contributed by atoms with Crippen molar-refractivity contribution in [1.82, 2.24) is 4.98 Å². The molecule has 20 heavy (non-hydrogen) atoms. The maximum atomic E-state index is 4.86. The Labute approximate surface area is 137 Å². The van der Waals surface area contributed by atoms with E-state index in [1.807, 2.05) is 11.3 Å². The first kappa shape index (κ1) is 14.6. The fourth-order valence-corrected chi connectivity index (χ4v) is 5.36. The van der Waals surface area contributed by atoms with Gasteiger partial charge in [-0.25, -0.2) is 4.98 Å². The van der Waals surface area contributed by atoms with E-state index in [-0.39, 0.29) is 0 Å². The van der Waals surface area contributed by atoms with Crippen LogP contribution in [-0.4, -0.2) is 10.2 Å². The van der Waals surface area contributed by atoms with E-state index in [0.717, 1.165) is 21.2 Å². The van der Waals surface area contributed by atoms with Gasteiger partial charge in [0.05, 0.1) is 5.69 Å². The smallest absolute Gasteiger partial charge is 0.103 e. The zero-order valence-electron chi connectivity index (χ0n) is 11.6. The Morgan fingerprint density at radius 1 is 1.35 bits per heavy atom. The zero-order chi connectivity index (χ0) is 13.9. The first-order valence-corrected chi connectivity index (χ1v) is 9.72. The van der Waals surface area contributed by atoms with Crippen molar-refractivity contribution in [3.8, 4) is 11.3 Å². The number of thiazole rings is 1. The molecule has 1 aliphatic carbocycles. The second-order valence-electron chi connectivity index (χ2n) is 5.24. The summed E-state index contributed by atoms with van der Waals surface area (Å²) in [5, 5.41) is 2.14. The van der Waals surface area contributed by atoms with E-state index in [0.29, 0.717) is 0 Å². The summed E-state index contributed by atoms with van der Waals surface area (Å²) in [6.07, 6.45) is 5.62. The van der Waals surface area contributed by atoms with Crippen LogP contribution in [-0.2, 0) is 5.75 Å². The number of hydrogen-bond donors (Lipinski definition) is 0. The predicted octanol–water partition coefficient (Wildman–Crippen LogP) is 6.06. The molecule has 106 valence electrons. The Hall–Kier alpha value is -0.320. The number of hydrogen-bond acceptors (Lipinski definition) is 3. The van der Waals surface area contributed by atoms with Crippen LogP contribution >= 0.6 is 39.0 Å². The Bertz CT molecular complexity index is 588. The minimum atomic E-state index is 0.869. The SMILES string of the molecule is Cc1sc(CSC2CCCC2)nc1-c1cccc(Br)c1. The van der Waals surface area contributed by atoms with Crippen molar-refractivity contribution >= 4 is 39.0 Å². The summed E-state index contributed by atoms with van der Waals surface area (Å²) >= 11 is 7.49. The summed E-state index contributed by atoms with van der Waals surface area (Å²) in [6.45, 7) is 2.18. The van der Waals surface area contributed by atoms with Gasteiger partial charge < -0.3 is 0 Å². The first-order valence-electron chi connectivity index (χ1n) is 7.06. The summed E-state index contributed by atoms with van der Waals surface area (Å²) in [5.41, 5.74) is 2.36. The number of thioether (sulfide) groups is 1. The number of aromatic nitrogens is 1. The quantitative estimate of drug-likeness (QED) is 0.651. The van der Waals surface area contributed by atoms with Gasteiger partial charge in [-0.15, -0.1) is 11.3 Å². The molecule has 1 aliphatic rings. The van der Waals surface area contributed by atoms with Crippen LogP contribution in [0.2, 0.25) is 0 Å². The second kappa shape index (κ2) is 6.63. The summed E-state index contributed by atoms with van der Waals surface area (Å²) in [5.74, 6) is 1.07. The molecule has 1 heterocycles. The molecule has 0 bridgehead atoms. The van der Waals surface area contributed by atoms with Gasteiger partial charge in [0, 0.05) is 25.9 Å². The molecule has 0 spiro atoms. The highest BCUT2D eigenvalue weighted by atomic mass is 79.9. The summed E-state index contributed by atoms with van der Waals surface area (Å²) in [4.78, 5) is 6.18. The van der Waals surface area contributed by atoms with E-state index in [2.05, 4.69) is 58.9 Å². The van der Waals surface area contributed by atoms with Gasteiger partial charge in [-0.2, -0.15) is 11.8 Å². The van der Waals surface area contributed by atoms with Gasteiger partial charge in [-0.05, 0) is 31.9 Å². The molecule has 4 heteroatoms. The maximum Gasteiger partial charge on any atom is 0.103 e.